The van der Waals surface area contributed by atoms with Gasteiger partial charge >= 0.3 is 6.03 Å². The molecule has 1 aliphatic rings. The number of anilines is 1. The molecule has 1 N–H and O–H groups in total. The number of carbonyl (C=O) groups excluding carboxylic acids is 1. The van der Waals surface area contributed by atoms with Crippen LogP contribution in [0, 0.1) is 6.92 Å². The Labute approximate surface area is 147 Å². The minimum absolute atomic E-state index is 0.254. The van der Waals surface area contributed by atoms with E-state index >= 15 is 0 Å². The van der Waals surface area contributed by atoms with Gasteiger partial charge in [-0.1, -0.05) is 17.7 Å². The molecule has 2 amide bonds. The first kappa shape index (κ1) is 17.4. The molecule has 25 heavy (non-hydrogen) atoms. The largest absolute Gasteiger partial charge is 0.323 e. The van der Waals surface area contributed by atoms with E-state index in [1.807, 2.05) is 6.92 Å². The summed E-state index contributed by atoms with van der Waals surface area (Å²) in [5.41, 5.74) is 1.01. The molecule has 1 aromatic heterocycles. The van der Waals surface area contributed by atoms with E-state index in [0.29, 0.717) is 18.9 Å². The van der Waals surface area contributed by atoms with Gasteiger partial charge in [0.2, 0.25) is 10.0 Å². The van der Waals surface area contributed by atoms with E-state index in [2.05, 4.69) is 10.4 Å². The number of hydrogen-bond acceptors (Lipinski definition) is 4. The Hall–Kier alpha value is -2.39. The lowest BCUT2D eigenvalue weighted by Crippen LogP contribution is -2.51. The second-order valence-electron chi connectivity index (χ2n) is 5.97. The van der Waals surface area contributed by atoms with E-state index in [9.17, 15) is 13.2 Å². The van der Waals surface area contributed by atoms with Gasteiger partial charge in [0.25, 0.3) is 0 Å². The number of nitrogens with one attached hydrogen (secondary N) is 1. The van der Waals surface area contributed by atoms with Gasteiger partial charge in [-0.3, -0.25) is 10.00 Å². The molecular weight excluding hydrogens is 342 g/mol. The third-order valence-corrected chi connectivity index (χ3v) is 6.15. The molecule has 1 saturated heterocycles. The number of aromatic nitrogens is 2. The summed E-state index contributed by atoms with van der Waals surface area (Å²) >= 11 is 0. The lowest BCUT2D eigenvalue weighted by atomic mass is 10.2. The van der Waals surface area contributed by atoms with Crippen LogP contribution in [0.4, 0.5) is 10.6 Å². The molecule has 0 bridgehead atoms. The topological polar surface area (TPSA) is 87.5 Å². The van der Waals surface area contributed by atoms with Gasteiger partial charge in [-0.25, -0.2) is 13.2 Å². The number of piperazine rings is 1. The summed E-state index contributed by atoms with van der Waals surface area (Å²) in [6.45, 7) is 3.14. The fourth-order valence-electron chi connectivity index (χ4n) is 2.68. The third-order valence-electron chi connectivity index (χ3n) is 4.24. The zero-order valence-electron chi connectivity index (χ0n) is 14.2. The maximum Gasteiger partial charge on any atom is 0.323 e. The molecule has 134 valence electrons. The van der Waals surface area contributed by atoms with Gasteiger partial charge in [-0.05, 0) is 19.1 Å². The second-order valence-corrected chi connectivity index (χ2v) is 7.91. The van der Waals surface area contributed by atoms with Crippen molar-refractivity contribution in [2.45, 2.75) is 11.8 Å². The highest BCUT2D eigenvalue weighted by Crippen LogP contribution is 2.18. The maximum atomic E-state index is 12.7. The number of rotatable bonds is 3. The average molecular weight is 363 g/mol. The highest BCUT2D eigenvalue weighted by Gasteiger charge is 2.30. The summed E-state index contributed by atoms with van der Waals surface area (Å²) in [6, 6.07) is 8.25. The number of hydrogen-bond donors (Lipinski definition) is 1. The smallest absolute Gasteiger partial charge is 0.322 e. The first-order valence-electron chi connectivity index (χ1n) is 7.99. The minimum atomic E-state index is -3.52. The molecule has 0 unspecified atom stereocenters. The molecule has 0 saturated carbocycles. The Morgan fingerprint density at radius 2 is 1.72 bits per heavy atom. The van der Waals surface area contributed by atoms with Crippen LogP contribution >= 0.6 is 0 Å². The van der Waals surface area contributed by atoms with Crippen molar-refractivity contribution in [3.8, 4) is 0 Å². The highest BCUT2D eigenvalue weighted by atomic mass is 32.2. The van der Waals surface area contributed by atoms with E-state index in [-0.39, 0.29) is 24.0 Å². The summed E-state index contributed by atoms with van der Waals surface area (Å²) in [4.78, 5) is 14.2. The standard InChI is InChI=1S/C16H21N5O3S/c1-13-3-5-14(6-4-13)25(23,24)21-11-9-20(10-12-21)16(22)18-15-7-8-17-19(15)2/h3-8H,9-12H2,1-2H3,(H,18,22). The van der Waals surface area contributed by atoms with Crippen LogP contribution in [-0.4, -0.2) is 59.6 Å². The quantitative estimate of drug-likeness (QED) is 0.889. The van der Waals surface area contributed by atoms with Crippen LogP contribution in [0.5, 0.6) is 0 Å². The van der Waals surface area contributed by atoms with E-state index in [0.717, 1.165) is 5.56 Å². The van der Waals surface area contributed by atoms with E-state index in [1.54, 1.807) is 53.2 Å². The number of aryl methyl sites for hydroxylation is 2. The van der Waals surface area contributed by atoms with Gasteiger partial charge in [0, 0.05) is 39.3 Å². The molecule has 2 heterocycles. The predicted molar refractivity (Wildman–Crippen MR) is 93.7 cm³/mol. The molecule has 2 aromatic rings. The Morgan fingerprint density at radius 1 is 1.08 bits per heavy atom. The number of sulfonamides is 1. The van der Waals surface area contributed by atoms with Crippen LogP contribution in [0.1, 0.15) is 5.56 Å². The van der Waals surface area contributed by atoms with Crippen molar-refractivity contribution in [2.24, 2.45) is 7.05 Å². The summed E-state index contributed by atoms with van der Waals surface area (Å²) in [7, 11) is -1.79. The molecule has 9 heteroatoms. The summed E-state index contributed by atoms with van der Waals surface area (Å²) in [5.74, 6) is 0.597. The first-order chi connectivity index (χ1) is 11.9. The number of urea groups is 1. The fourth-order valence-corrected chi connectivity index (χ4v) is 4.10. The number of benzene rings is 1. The van der Waals surface area contributed by atoms with Crippen LogP contribution in [0.15, 0.2) is 41.4 Å². The van der Waals surface area contributed by atoms with Crippen molar-refractivity contribution in [2.75, 3.05) is 31.5 Å². The maximum absolute atomic E-state index is 12.7. The molecule has 1 fully saturated rings. The molecular formula is C16H21N5O3S. The number of amides is 2. The summed E-state index contributed by atoms with van der Waals surface area (Å²) in [5, 5.41) is 6.77. The first-order valence-corrected chi connectivity index (χ1v) is 9.43. The SMILES string of the molecule is Cc1ccc(S(=O)(=O)N2CCN(C(=O)Nc3ccnn3C)CC2)cc1. The van der Waals surface area contributed by atoms with Crippen LogP contribution in [0.2, 0.25) is 0 Å². The van der Waals surface area contributed by atoms with Crippen molar-refractivity contribution in [1.82, 2.24) is 19.0 Å². The number of nitrogens with zero attached hydrogens (tertiary/aromatic N) is 4. The average Bonchev–Trinajstić information content (AvgIpc) is 3.00. The summed E-state index contributed by atoms with van der Waals surface area (Å²) < 4.78 is 28.3. The Balaban J connectivity index is 1.62. The van der Waals surface area contributed by atoms with Gasteiger partial charge in [0.05, 0.1) is 11.1 Å². The van der Waals surface area contributed by atoms with Crippen molar-refractivity contribution < 1.29 is 13.2 Å². The monoisotopic (exact) mass is 363 g/mol. The van der Waals surface area contributed by atoms with Crippen molar-refractivity contribution in [3.05, 3.63) is 42.1 Å². The predicted octanol–water partition coefficient (Wildman–Crippen LogP) is 1.27. The molecule has 1 aliphatic heterocycles. The second kappa shape index (κ2) is 6.85. The lowest BCUT2D eigenvalue weighted by molar-refractivity contribution is 0.184. The van der Waals surface area contributed by atoms with E-state index < -0.39 is 10.0 Å². The highest BCUT2D eigenvalue weighted by molar-refractivity contribution is 7.89. The fraction of sp³-hybridized carbons (Fsp3) is 0.375. The van der Waals surface area contributed by atoms with E-state index in [1.165, 1.54) is 4.31 Å². The van der Waals surface area contributed by atoms with Gasteiger partial charge < -0.3 is 4.90 Å². The van der Waals surface area contributed by atoms with Crippen molar-refractivity contribution in [3.63, 3.8) is 0 Å². The Bertz CT molecular complexity index is 852. The van der Waals surface area contributed by atoms with E-state index in [4.69, 9.17) is 0 Å². The van der Waals surface area contributed by atoms with Gasteiger partial charge in [0.1, 0.15) is 5.82 Å². The Kier molecular flexibility index (Phi) is 4.78. The molecule has 0 radical (unpaired) electrons. The Morgan fingerprint density at radius 3 is 2.28 bits per heavy atom. The molecule has 0 atom stereocenters. The minimum Gasteiger partial charge on any atom is -0.322 e. The van der Waals surface area contributed by atoms with Crippen molar-refractivity contribution in [1.29, 1.82) is 0 Å². The zero-order chi connectivity index (χ0) is 18.0. The normalized spacial score (nSPS) is 16.0. The molecule has 1 aromatic carbocycles. The number of carbonyl (C=O) groups is 1. The van der Waals surface area contributed by atoms with Gasteiger partial charge in [-0.2, -0.15) is 9.40 Å². The summed E-state index contributed by atoms with van der Waals surface area (Å²) in [6.07, 6.45) is 1.60. The van der Waals surface area contributed by atoms with Crippen LogP contribution in [0.3, 0.4) is 0 Å². The van der Waals surface area contributed by atoms with Crippen molar-refractivity contribution >= 4 is 21.9 Å². The lowest BCUT2D eigenvalue weighted by Gasteiger charge is -2.33. The van der Waals surface area contributed by atoms with Crippen LogP contribution < -0.4 is 5.32 Å². The van der Waals surface area contributed by atoms with Gasteiger partial charge in [-0.15, -0.1) is 0 Å². The van der Waals surface area contributed by atoms with Crippen LogP contribution in [-0.2, 0) is 17.1 Å². The third kappa shape index (κ3) is 3.67. The van der Waals surface area contributed by atoms with Gasteiger partial charge in [0.15, 0.2) is 0 Å². The molecule has 3 rings (SSSR count). The molecule has 8 nitrogen and oxygen atoms in total. The molecule has 0 spiro atoms. The molecule has 0 aliphatic carbocycles. The zero-order valence-corrected chi connectivity index (χ0v) is 15.0. The van der Waals surface area contributed by atoms with Crippen LogP contribution in [0.25, 0.3) is 0 Å².